The van der Waals surface area contributed by atoms with Gasteiger partial charge in [-0.05, 0) is 64.3 Å². The molecule has 3 rings (SSSR count). The summed E-state index contributed by atoms with van der Waals surface area (Å²) in [6.45, 7) is 14.5. The SMILES string of the molecule is Cc1cc(CN2CCN(C(=O)OC(C)C)[C@@H](C)C2)c(C)c(Nc2nnc([C@@H](C)O)o2)c1. The molecule has 0 radical (unpaired) electrons. The van der Waals surface area contributed by atoms with Crippen molar-refractivity contribution in [3.05, 3.63) is 34.7 Å². The van der Waals surface area contributed by atoms with E-state index >= 15 is 0 Å². The van der Waals surface area contributed by atoms with E-state index in [-0.39, 0.29) is 30.1 Å². The van der Waals surface area contributed by atoms with Gasteiger partial charge in [0, 0.05) is 37.9 Å². The lowest BCUT2D eigenvalue weighted by Crippen LogP contribution is -2.54. The minimum atomic E-state index is -0.810. The maximum Gasteiger partial charge on any atom is 0.410 e. The van der Waals surface area contributed by atoms with Gasteiger partial charge in [-0.25, -0.2) is 4.79 Å². The summed E-state index contributed by atoms with van der Waals surface area (Å²) in [7, 11) is 0. The number of hydrogen-bond donors (Lipinski definition) is 2. The molecule has 2 atom stereocenters. The van der Waals surface area contributed by atoms with Crippen LogP contribution in [0.25, 0.3) is 0 Å². The molecular formula is C22H33N5O4. The molecule has 0 saturated carbocycles. The second-order valence-corrected chi connectivity index (χ2v) is 8.55. The number of nitrogens with one attached hydrogen (secondary N) is 1. The Labute approximate surface area is 183 Å². The summed E-state index contributed by atoms with van der Waals surface area (Å²) in [4.78, 5) is 16.4. The smallest absolute Gasteiger partial charge is 0.410 e. The first-order valence-electron chi connectivity index (χ1n) is 10.7. The van der Waals surface area contributed by atoms with Crippen LogP contribution < -0.4 is 5.32 Å². The summed E-state index contributed by atoms with van der Waals surface area (Å²) in [5.41, 5.74) is 4.30. The van der Waals surface area contributed by atoms with Crippen molar-refractivity contribution in [2.75, 3.05) is 25.0 Å². The first-order valence-corrected chi connectivity index (χ1v) is 10.7. The van der Waals surface area contributed by atoms with Gasteiger partial charge >= 0.3 is 12.1 Å². The van der Waals surface area contributed by atoms with Crippen LogP contribution in [0.15, 0.2) is 16.5 Å². The molecule has 1 aliphatic heterocycles. The second kappa shape index (κ2) is 9.65. The molecular weight excluding hydrogens is 398 g/mol. The predicted molar refractivity (Wildman–Crippen MR) is 117 cm³/mol. The summed E-state index contributed by atoms with van der Waals surface area (Å²) >= 11 is 0. The molecule has 9 heteroatoms. The molecule has 2 aromatic rings. The molecule has 1 saturated heterocycles. The van der Waals surface area contributed by atoms with Crippen molar-refractivity contribution in [2.24, 2.45) is 0 Å². The zero-order valence-corrected chi connectivity index (χ0v) is 19.2. The lowest BCUT2D eigenvalue weighted by Gasteiger charge is -2.39. The molecule has 0 aliphatic carbocycles. The number of aromatic nitrogens is 2. The van der Waals surface area contributed by atoms with E-state index < -0.39 is 6.10 Å². The number of carbonyl (C=O) groups excluding carboxylic acids is 1. The Morgan fingerprint density at radius 3 is 2.65 bits per heavy atom. The lowest BCUT2D eigenvalue weighted by molar-refractivity contribution is 0.0349. The number of amides is 1. The van der Waals surface area contributed by atoms with Gasteiger partial charge in [0.1, 0.15) is 6.10 Å². The molecule has 1 aliphatic rings. The minimum Gasteiger partial charge on any atom is -0.447 e. The molecule has 170 valence electrons. The molecule has 0 unspecified atom stereocenters. The van der Waals surface area contributed by atoms with Crippen molar-refractivity contribution in [3.63, 3.8) is 0 Å². The third-order valence-electron chi connectivity index (χ3n) is 5.38. The number of benzene rings is 1. The number of ether oxygens (including phenoxy) is 1. The number of aryl methyl sites for hydroxylation is 1. The Morgan fingerprint density at radius 2 is 2.03 bits per heavy atom. The van der Waals surface area contributed by atoms with Crippen LogP contribution in [0.3, 0.4) is 0 Å². The van der Waals surface area contributed by atoms with Gasteiger partial charge in [0.25, 0.3) is 0 Å². The van der Waals surface area contributed by atoms with E-state index in [0.29, 0.717) is 6.54 Å². The third-order valence-corrected chi connectivity index (χ3v) is 5.38. The standard InChI is InChI=1S/C22H33N5O4/c1-13(2)30-22(29)27-8-7-26(11-15(27)4)12-18-9-14(3)10-19(16(18)5)23-21-25-24-20(31-21)17(6)28/h9-10,13,15,17,28H,7-8,11-12H2,1-6H3,(H,23,25)/t15-,17+/m0/s1. The predicted octanol–water partition coefficient (Wildman–Crippen LogP) is 3.53. The maximum absolute atomic E-state index is 12.3. The Kier molecular flexibility index (Phi) is 7.17. The van der Waals surface area contributed by atoms with Gasteiger partial charge in [-0.1, -0.05) is 11.2 Å². The quantitative estimate of drug-likeness (QED) is 0.716. The number of aliphatic hydroxyl groups is 1. The maximum atomic E-state index is 12.3. The molecule has 2 heterocycles. The van der Waals surface area contributed by atoms with Crippen LogP contribution >= 0.6 is 0 Å². The van der Waals surface area contributed by atoms with Crippen LogP contribution in [0.4, 0.5) is 16.5 Å². The van der Waals surface area contributed by atoms with Crippen molar-refractivity contribution < 1.29 is 19.1 Å². The normalized spacial score (nSPS) is 18.3. The van der Waals surface area contributed by atoms with E-state index in [2.05, 4.69) is 40.3 Å². The molecule has 9 nitrogen and oxygen atoms in total. The average molecular weight is 432 g/mol. The van der Waals surface area contributed by atoms with Gasteiger partial charge < -0.3 is 24.5 Å². The highest BCUT2D eigenvalue weighted by molar-refractivity contribution is 5.68. The van der Waals surface area contributed by atoms with Crippen molar-refractivity contribution in [2.45, 2.75) is 66.3 Å². The Balaban J connectivity index is 1.69. The van der Waals surface area contributed by atoms with Crippen LogP contribution in [0.5, 0.6) is 0 Å². The number of piperazine rings is 1. The number of anilines is 2. The van der Waals surface area contributed by atoms with Crippen molar-refractivity contribution in [1.29, 1.82) is 0 Å². The van der Waals surface area contributed by atoms with Gasteiger partial charge in [0.15, 0.2) is 0 Å². The first-order chi connectivity index (χ1) is 14.6. The third kappa shape index (κ3) is 5.74. The molecule has 1 aromatic carbocycles. The fourth-order valence-electron chi connectivity index (χ4n) is 3.75. The number of nitrogens with zero attached hydrogens (tertiary/aromatic N) is 4. The van der Waals surface area contributed by atoms with E-state index in [1.54, 1.807) is 6.92 Å². The van der Waals surface area contributed by atoms with Crippen molar-refractivity contribution >= 4 is 17.8 Å². The highest BCUT2D eigenvalue weighted by Crippen LogP contribution is 2.27. The Morgan fingerprint density at radius 1 is 1.29 bits per heavy atom. The fraction of sp³-hybridized carbons (Fsp3) is 0.591. The monoisotopic (exact) mass is 431 g/mol. The van der Waals surface area contributed by atoms with Crippen LogP contribution in [-0.2, 0) is 11.3 Å². The van der Waals surface area contributed by atoms with Gasteiger partial charge in [-0.2, -0.15) is 0 Å². The van der Waals surface area contributed by atoms with E-state index in [9.17, 15) is 9.90 Å². The van der Waals surface area contributed by atoms with Gasteiger partial charge in [0.2, 0.25) is 5.89 Å². The van der Waals surface area contributed by atoms with Gasteiger partial charge in [-0.15, -0.1) is 5.10 Å². The van der Waals surface area contributed by atoms with E-state index in [4.69, 9.17) is 9.15 Å². The second-order valence-electron chi connectivity index (χ2n) is 8.55. The first kappa shape index (κ1) is 23.0. The van der Waals surface area contributed by atoms with E-state index in [1.807, 2.05) is 31.7 Å². The average Bonchev–Trinajstić information content (AvgIpc) is 3.14. The number of aliphatic hydroxyl groups excluding tert-OH is 1. The summed E-state index contributed by atoms with van der Waals surface area (Å²) in [5, 5.41) is 20.6. The van der Waals surface area contributed by atoms with Crippen molar-refractivity contribution in [3.8, 4) is 0 Å². The molecule has 1 fully saturated rings. The summed E-state index contributed by atoms with van der Waals surface area (Å²) in [6.07, 6.45) is -1.17. The minimum absolute atomic E-state index is 0.0833. The highest BCUT2D eigenvalue weighted by atomic mass is 16.6. The number of hydrogen-bond acceptors (Lipinski definition) is 8. The number of carbonyl (C=O) groups is 1. The summed E-state index contributed by atoms with van der Waals surface area (Å²) < 4.78 is 10.8. The molecule has 2 N–H and O–H groups in total. The largest absolute Gasteiger partial charge is 0.447 e. The van der Waals surface area contributed by atoms with Gasteiger partial charge in [0.05, 0.1) is 6.10 Å². The van der Waals surface area contributed by atoms with Crippen LogP contribution in [0, 0.1) is 13.8 Å². The topological polar surface area (TPSA) is 104 Å². The van der Waals surface area contributed by atoms with Crippen molar-refractivity contribution in [1.82, 2.24) is 20.0 Å². The Hall–Kier alpha value is -2.65. The molecule has 0 spiro atoms. The summed E-state index contributed by atoms with van der Waals surface area (Å²) in [6, 6.07) is 4.55. The number of rotatable bonds is 6. The van der Waals surface area contributed by atoms with Crippen LogP contribution in [0.1, 0.15) is 56.4 Å². The van der Waals surface area contributed by atoms with E-state index in [1.165, 1.54) is 5.56 Å². The Bertz CT molecular complexity index is 911. The molecule has 1 amide bonds. The molecule has 1 aromatic heterocycles. The van der Waals surface area contributed by atoms with E-state index in [0.717, 1.165) is 36.4 Å². The van der Waals surface area contributed by atoms with Crippen LogP contribution in [-0.4, -0.2) is 63.0 Å². The molecule has 0 bridgehead atoms. The zero-order valence-electron chi connectivity index (χ0n) is 19.2. The summed E-state index contributed by atoms with van der Waals surface area (Å²) in [5.74, 6) is 0.177. The zero-order chi connectivity index (χ0) is 22.7. The highest BCUT2D eigenvalue weighted by Gasteiger charge is 2.29. The molecule has 31 heavy (non-hydrogen) atoms. The van der Waals surface area contributed by atoms with Gasteiger partial charge in [-0.3, -0.25) is 4.90 Å². The lowest BCUT2D eigenvalue weighted by atomic mass is 10.0. The fourth-order valence-corrected chi connectivity index (χ4v) is 3.75. The van der Waals surface area contributed by atoms with Crippen LogP contribution in [0.2, 0.25) is 0 Å².